The average molecular weight is 837 g/mol. The summed E-state index contributed by atoms with van der Waals surface area (Å²) in [5, 5.41) is 11.3. The molecule has 9 rings (SSSR count). The number of allylic oxidation sites excluding steroid dienone is 6. The highest BCUT2D eigenvalue weighted by atomic mass is 16.3. The van der Waals surface area contributed by atoms with Crippen LogP contribution in [0.4, 0.5) is 0 Å². The lowest BCUT2D eigenvalue weighted by Crippen LogP contribution is -2.56. The highest BCUT2D eigenvalue weighted by molar-refractivity contribution is 5.95. The van der Waals surface area contributed by atoms with Crippen molar-refractivity contribution in [3.63, 3.8) is 0 Å². The minimum atomic E-state index is 0.142. The second-order valence-electron chi connectivity index (χ2n) is 26.8. The zero-order valence-electron chi connectivity index (χ0n) is 42.2. The predicted octanol–water partition coefficient (Wildman–Crippen LogP) is 16.9. The predicted molar refractivity (Wildman–Crippen MR) is 258 cm³/mol. The van der Waals surface area contributed by atoms with Crippen molar-refractivity contribution in [2.75, 3.05) is 0 Å². The van der Waals surface area contributed by atoms with E-state index in [1.54, 1.807) is 0 Å². The molecule has 1 N–H and O–H groups in total. The number of carbonyl (C=O) groups excluding carboxylic acids is 1. The van der Waals surface area contributed by atoms with Crippen LogP contribution in [0, 0.1) is 109 Å². The number of fused-ring (bicyclic) bond motifs is 7. The number of aliphatic hydroxyl groups is 1. The van der Waals surface area contributed by atoms with E-state index in [2.05, 4.69) is 114 Å². The summed E-state index contributed by atoms with van der Waals surface area (Å²) < 4.78 is 0. The molecule has 0 heterocycles. The van der Waals surface area contributed by atoms with Crippen molar-refractivity contribution < 1.29 is 9.90 Å². The highest BCUT2D eigenvalue weighted by Crippen LogP contribution is 2.89. The minimum Gasteiger partial charge on any atom is -0.512 e. The van der Waals surface area contributed by atoms with Crippen LogP contribution in [-0.2, 0) is 4.79 Å². The molecule has 6 fully saturated rings. The zero-order valence-corrected chi connectivity index (χ0v) is 42.2. The SMILES string of the molecule is CC(C)CCC[C@@H](C)[C@H]1CC[C@@]2(C)[C@@H]3CC[C@H]4C(C)(C)CC=C(O)[C@@]45C[C@@]35CC[C@]12C.CC[C@H](CC[C@@H](C)[C@H]1CC[C@H]2[C@@H]3C(=O)C=C4C=CCC[C@]4(C)[C@H]3CC[C@]12C)C(C)C. The van der Waals surface area contributed by atoms with E-state index < -0.39 is 0 Å². The Bertz CT molecular complexity index is 1730. The maximum Gasteiger partial charge on any atom is 0.159 e. The van der Waals surface area contributed by atoms with Crippen LogP contribution in [0.15, 0.2) is 35.6 Å². The molecule has 0 radical (unpaired) electrons. The molecule has 2 spiro atoms. The van der Waals surface area contributed by atoms with E-state index in [4.69, 9.17) is 0 Å². The van der Waals surface area contributed by atoms with Crippen molar-refractivity contribution in [3.05, 3.63) is 35.6 Å². The Morgan fingerprint density at radius 1 is 0.721 bits per heavy atom. The van der Waals surface area contributed by atoms with E-state index in [1.165, 1.54) is 128 Å². The first-order valence-corrected chi connectivity index (χ1v) is 27.0. The summed E-state index contributed by atoms with van der Waals surface area (Å²) in [6.45, 7) is 32.4. The molecule has 0 saturated heterocycles. The molecule has 2 nitrogen and oxygen atoms in total. The van der Waals surface area contributed by atoms with Crippen LogP contribution in [0.5, 0.6) is 0 Å². The van der Waals surface area contributed by atoms with Crippen LogP contribution < -0.4 is 0 Å². The van der Waals surface area contributed by atoms with Crippen molar-refractivity contribution in [2.45, 2.75) is 218 Å². The van der Waals surface area contributed by atoms with Gasteiger partial charge < -0.3 is 5.11 Å². The molecule has 6 saturated carbocycles. The van der Waals surface area contributed by atoms with Crippen molar-refractivity contribution in [2.24, 2.45) is 109 Å². The fraction of sp³-hybridized carbons (Fsp3) is 0.881. The Morgan fingerprint density at radius 3 is 2.15 bits per heavy atom. The fourth-order valence-electron chi connectivity index (χ4n) is 19.6. The molecule has 0 amide bonds. The van der Waals surface area contributed by atoms with Crippen LogP contribution in [0.25, 0.3) is 0 Å². The molecule has 61 heavy (non-hydrogen) atoms. The Labute approximate surface area is 377 Å². The van der Waals surface area contributed by atoms with Gasteiger partial charge in [0.2, 0.25) is 0 Å². The van der Waals surface area contributed by atoms with Gasteiger partial charge in [0.1, 0.15) is 0 Å². The molecular weight excluding hydrogens is 741 g/mol. The Hall–Kier alpha value is -1.31. The maximum atomic E-state index is 13.4. The van der Waals surface area contributed by atoms with Crippen molar-refractivity contribution in [3.8, 4) is 0 Å². The summed E-state index contributed by atoms with van der Waals surface area (Å²) in [6.07, 6.45) is 35.6. The van der Waals surface area contributed by atoms with Gasteiger partial charge in [0.15, 0.2) is 5.78 Å². The second kappa shape index (κ2) is 16.2. The average Bonchev–Trinajstić information content (AvgIpc) is 3.64. The van der Waals surface area contributed by atoms with E-state index in [0.29, 0.717) is 56.5 Å². The summed E-state index contributed by atoms with van der Waals surface area (Å²) in [6, 6.07) is 0. The monoisotopic (exact) mass is 837 g/mol. The smallest absolute Gasteiger partial charge is 0.159 e. The van der Waals surface area contributed by atoms with Crippen LogP contribution in [0.1, 0.15) is 218 Å². The third-order valence-corrected chi connectivity index (χ3v) is 23.4. The third kappa shape index (κ3) is 6.95. The first-order valence-electron chi connectivity index (χ1n) is 27.0. The first kappa shape index (κ1) is 46.2. The molecule has 9 aliphatic rings. The highest BCUT2D eigenvalue weighted by Gasteiger charge is 2.83. The molecule has 0 aromatic rings. The number of carbonyl (C=O) groups is 1. The molecule has 0 aliphatic heterocycles. The molecule has 9 aliphatic carbocycles. The van der Waals surface area contributed by atoms with Gasteiger partial charge in [-0.3, -0.25) is 4.79 Å². The standard InChI is InChI=1S/C30H50O.C29H46O/c1-20(2)9-8-10-21(3)22-13-16-28(7)24-12-11-23-26(4,5)15-14-25(31)30(23)19-29(24,30)18-17-27(22,28)6;1-7-21(19(2)3)12-11-20(4)23-13-14-24-27-25(15-17-29(23,24)6)28(5)16-9-8-10-22(28)18-26(27)30/h14,20-24,31H,8-13,15-19H2,1-7H3;8,10,18-21,23-25,27H,7,9,11-17H2,1-6H3/t21-,22-,23+,24+,27-,28+,29+,30-;20-,21-,23-,24+,25+,27+,28+,29-/m11/s1. The van der Waals surface area contributed by atoms with Crippen LogP contribution in [0.3, 0.4) is 0 Å². The third-order valence-electron chi connectivity index (χ3n) is 23.4. The van der Waals surface area contributed by atoms with Gasteiger partial charge in [-0.2, -0.15) is 0 Å². The van der Waals surface area contributed by atoms with Crippen LogP contribution in [-0.4, -0.2) is 10.9 Å². The van der Waals surface area contributed by atoms with E-state index in [-0.39, 0.29) is 10.8 Å². The summed E-state index contributed by atoms with van der Waals surface area (Å²) in [7, 11) is 0. The minimum absolute atomic E-state index is 0.142. The fourth-order valence-corrected chi connectivity index (χ4v) is 19.6. The number of ketones is 1. The molecule has 0 aromatic heterocycles. The van der Waals surface area contributed by atoms with E-state index in [1.807, 2.05) is 0 Å². The molecule has 344 valence electrons. The number of aliphatic hydroxyl groups excluding tert-OH is 1. The second-order valence-corrected chi connectivity index (χ2v) is 26.8. The van der Waals surface area contributed by atoms with Crippen molar-refractivity contribution in [1.29, 1.82) is 0 Å². The lowest BCUT2D eigenvalue weighted by Gasteiger charge is -2.62. The molecule has 2 heteroatoms. The van der Waals surface area contributed by atoms with Crippen molar-refractivity contribution in [1.82, 2.24) is 0 Å². The van der Waals surface area contributed by atoms with Gasteiger partial charge in [0, 0.05) is 11.3 Å². The molecule has 16 atom stereocenters. The summed E-state index contributed by atoms with van der Waals surface area (Å²) in [5.41, 5.74) is 3.84. The molecule has 0 unspecified atom stereocenters. The quantitative estimate of drug-likeness (QED) is 0.225. The number of rotatable bonds is 11. The van der Waals surface area contributed by atoms with Gasteiger partial charge in [-0.25, -0.2) is 0 Å². The van der Waals surface area contributed by atoms with Crippen LogP contribution in [0.2, 0.25) is 0 Å². The number of hydrogen-bond acceptors (Lipinski definition) is 2. The van der Waals surface area contributed by atoms with E-state index >= 15 is 0 Å². The lowest BCUT2D eigenvalue weighted by atomic mass is 9.42. The van der Waals surface area contributed by atoms with Gasteiger partial charge in [-0.05, 0) is 212 Å². The summed E-state index contributed by atoms with van der Waals surface area (Å²) in [5.74, 6) is 10.2. The van der Waals surface area contributed by atoms with Gasteiger partial charge in [0.25, 0.3) is 0 Å². The maximum absolute atomic E-state index is 13.4. The summed E-state index contributed by atoms with van der Waals surface area (Å²) >= 11 is 0. The molecule has 0 aromatic carbocycles. The molecule has 0 bridgehead atoms. The van der Waals surface area contributed by atoms with E-state index in [9.17, 15) is 9.90 Å². The summed E-state index contributed by atoms with van der Waals surface area (Å²) in [4.78, 5) is 13.4. The largest absolute Gasteiger partial charge is 0.512 e. The Morgan fingerprint density at radius 2 is 1.44 bits per heavy atom. The topological polar surface area (TPSA) is 37.3 Å². The first-order chi connectivity index (χ1) is 28.7. The van der Waals surface area contributed by atoms with E-state index in [0.717, 1.165) is 59.5 Å². The van der Waals surface area contributed by atoms with Gasteiger partial charge in [0.05, 0.1) is 5.76 Å². The lowest BCUT2D eigenvalue weighted by molar-refractivity contribution is -0.134. The van der Waals surface area contributed by atoms with Gasteiger partial charge >= 0.3 is 0 Å². The van der Waals surface area contributed by atoms with Gasteiger partial charge in [-0.1, -0.05) is 134 Å². The zero-order chi connectivity index (χ0) is 44.1. The molecular formula is C59H96O2. The van der Waals surface area contributed by atoms with Crippen molar-refractivity contribution >= 4 is 5.78 Å². The van der Waals surface area contributed by atoms with Gasteiger partial charge in [-0.15, -0.1) is 0 Å². The number of hydrogen-bond donors (Lipinski definition) is 1. The Kier molecular flexibility index (Phi) is 12.3. The Balaban J connectivity index is 0.000000169. The normalized spacial score (nSPS) is 46.6. The van der Waals surface area contributed by atoms with Crippen LogP contribution >= 0.6 is 0 Å².